The summed E-state index contributed by atoms with van der Waals surface area (Å²) in [6, 6.07) is 2.35. The largest absolute Gasteiger partial charge is 0.170 e. The van der Waals surface area contributed by atoms with Crippen LogP contribution < -0.4 is 0 Å². The van der Waals surface area contributed by atoms with Crippen molar-refractivity contribution in [1.29, 1.82) is 0 Å². The number of alkyl halides is 1. The molecule has 0 spiro atoms. The first kappa shape index (κ1) is 10.8. The van der Waals surface area contributed by atoms with Gasteiger partial charge in [0, 0.05) is 5.50 Å². The molecule has 0 radical (unpaired) electrons. The van der Waals surface area contributed by atoms with Gasteiger partial charge in [-0.2, -0.15) is 11.1 Å². The predicted octanol–water partition coefficient (Wildman–Crippen LogP) is 3.77. The van der Waals surface area contributed by atoms with Crippen molar-refractivity contribution in [2.75, 3.05) is 5.50 Å². The van der Waals surface area contributed by atoms with Crippen molar-refractivity contribution in [3.05, 3.63) is 0 Å². The fraction of sp³-hybridized carbons (Fsp3) is 1.00. The molecule has 0 bridgehead atoms. The third-order valence-electron chi connectivity index (χ3n) is 1.64. The Balaban J connectivity index is 3.69. The van der Waals surface area contributed by atoms with E-state index in [0.29, 0.717) is 0 Å². The highest BCUT2D eigenvalue weighted by molar-refractivity contribution is 7.22. The second kappa shape index (κ2) is 5.45. The highest BCUT2D eigenvalue weighted by Crippen LogP contribution is 2.25. The van der Waals surface area contributed by atoms with Crippen LogP contribution in [-0.2, 0) is 0 Å². The van der Waals surface area contributed by atoms with Gasteiger partial charge in [-0.15, -0.1) is 11.6 Å². The van der Waals surface area contributed by atoms with Crippen LogP contribution in [0.15, 0.2) is 0 Å². The smallest absolute Gasteiger partial charge is 0.166 e. The topological polar surface area (TPSA) is 0 Å². The summed E-state index contributed by atoms with van der Waals surface area (Å²) in [5.74, 6) is 0. The molecule has 0 amide bonds. The standard InChI is InChI=1S/C7H16Cl2Si/c1-3-5-10(9,7-8)6-4-2/h3-7H2,1-2H3. The van der Waals surface area contributed by atoms with Gasteiger partial charge in [-0.3, -0.25) is 0 Å². The molecule has 0 aromatic carbocycles. The molecule has 0 atom stereocenters. The van der Waals surface area contributed by atoms with Gasteiger partial charge in [0.15, 0.2) is 7.38 Å². The highest BCUT2D eigenvalue weighted by atomic mass is 35.6. The molecule has 62 valence electrons. The van der Waals surface area contributed by atoms with Gasteiger partial charge in [-0.05, 0) is 12.1 Å². The Labute approximate surface area is 74.6 Å². The van der Waals surface area contributed by atoms with Gasteiger partial charge >= 0.3 is 0 Å². The third-order valence-corrected chi connectivity index (χ3v) is 8.39. The number of hydrogen-bond donors (Lipinski definition) is 0. The Morgan fingerprint density at radius 1 is 1.10 bits per heavy atom. The fourth-order valence-electron chi connectivity index (χ4n) is 1.15. The maximum Gasteiger partial charge on any atom is 0.170 e. The summed E-state index contributed by atoms with van der Waals surface area (Å²) >= 11 is 12.1. The Morgan fingerprint density at radius 2 is 1.50 bits per heavy atom. The van der Waals surface area contributed by atoms with Crippen LogP contribution in [0, 0.1) is 0 Å². The van der Waals surface area contributed by atoms with E-state index in [0.717, 1.165) is 5.50 Å². The van der Waals surface area contributed by atoms with Crippen LogP contribution in [-0.4, -0.2) is 12.9 Å². The van der Waals surface area contributed by atoms with E-state index >= 15 is 0 Å². The summed E-state index contributed by atoms with van der Waals surface area (Å²) in [6.07, 6.45) is 2.37. The van der Waals surface area contributed by atoms with E-state index in [1.165, 1.54) is 24.9 Å². The maximum absolute atomic E-state index is 6.33. The molecular formula is C7H16Cl2Si. The van der Waals surface area contributed by atoms with Gasteiger partial charge in [0.25, 0.3) is 0 Å². The van der Waals surface area contributed by atoms with Crippen molar-refractivity contribution in [3.63, 3.8) is 0 Å². The Morgan fingerprint density at radius 3 is 1.70 bits per heavy atom. The molecule has 10 heavy (non-hydrogen) atoms. The monoisotopic (exact) mass is 198 g/mol. The molecule has 0 heterocycles. The van der Waals surface area contributed by atoms with E-state index in [9.17, 15) is 0 Å². The fourth-order valence-corrected chi connectivity index (χ4v) is 5.40. The molecule has 0 N–H and O–H groups in total. The Hall–Kier alpha value is 0.797. The Bertz CT molecular complexity index is 79.7. The first-order valence-corrected chi connectivity index (χ1v) is 8.10. The SMILES string of the molecule is CCC[Si](Cl)(CCl)CCC. The van der Waals surface area contributed by atoms with E-state index in [1.807, 2.05) is 0 Å². The normalized spacial score (nSPS) is 12.0. The van der Waals surface area contributed by atoms with Crippen molar-refractivity contribution >= 4 is 30.1 Å². The average Bonchev–Trinajstić information content (AvgIpc) is 1.89. The molecule has 0 saturated carbocycles. The summed E-state index contributed by atoms with van der Waals surface area (Å²) in [4.78, 5) is 0. The van der Waals surface area contributed by atoms with Crippen molar-refractivity contribution < 1.29 is 0 Å². The summed E-state index contributed by atoms with van der Waals surface area (Å²) in [7, 11) is -1.49. The summed E-state index contributed by atoms with van der Waals surface area (Å²) in [5.41, 5.74) is 0.718. The van der Waals surface area contributed by atoms with E-state index in [4.69, 9.17) is 22.7 Å². The van der Waals surface area contributed by atoms with Gasteiger partial charge in [-0.25, -0.2) is 0 Å². The van der Waals surface area contributed by atoms with Crippen LogP contribution in [0.25, 0.3) is 0 Å². The van der Waals surface area contributed by atoms with E-state index in [1.54, 1.807) is 0 Å². The lowest BCUT2D eigenvalue weighted by molar-refractivity contribution is 0.997. The molecule has 0 unspecified atom stereocenters. The average molecular weight is 199 g/mol. The van der Waals surface area contributed by atoms with Crippen LogP contribution in [0.3, 0.4) is 0 Å². The zero-order valence-electron chi connectivity index (χ0n) is 6.79. The molecule has 0 aliphatic heterocycles. The van der Waals surface area contributed by atoms with Crippen LogP contribution in [0.1, 0.15) is 26.7 Å². The minimum Gasteiger partial charge on any atom is -0.166 e. The van der Waals surface area contributed by atoms with Gasteiger partial charge in [0.1, 0.15) is 0 Å². The molecule has 0 aliphatic rings. The quantitative estimate of drug-likeness (QED) is 0.359. The maximum atomic E-state index is 6.33. The highest BCUT2D eigenvalue weighted by Gasteiger charge is 2.27. The summed E-state index contributed by atoms with van der Waals surface area (Å²) in [5, 5.41) is 0. The lowest BCUT2D eigenvalue weighted by Crippen LogP contribution is -2.29. The van der Waals surface area contributed by atoms with Crippen LogP contribution >= 0.6 is 22.7 Å². The van der Waals surface area contributed by atoms with E-state index < -0.39 is 7.38 Å². The van der Waals surface area contributed by atoms with Crippen molar-refractivity contribution in [2.45, 2.75) is 38.8 Å². The molecule has 0 aromatic heterocycles. The lowest BCUT2D eigenvalue weighted by atomic mass is 10.6. The number of hydrogen-bond acceptors (Lipinski definition) is 0. The second-order valence-corrected chi connectivity index (χ2v) is 9.56. The molecule has 0 saturated heterocycles. The number of rotatable bonds is 5. The van der Waals surface area contributed by atoms with Gasteiger partial charge in [0.05, 0.1) is 0 Å². The van der Waals surface area contributed by atoms with Crippen LogP contribution in [0.5, 0.6) is 0 Å². The van der Waals surface area contributed by atoms with Crippen molar-refractivity contribution in [2.24, 2.45) is 0 Å². The molecule has 3 heteroatoms. The van der Waals surface area contributed by atoms with Crippen molar-refractivity contribution in [1.82, 2.24) is 0 Å². The Kier molecular flexibility index (Phi) is 5.88. The molecule has 0 aliphatic carbocycles. The van der Waals surface area contributed by atoms with Gasteiger partial charge < -0.3 is 0 Å². The minimum atomic E-state index is -1.49. The molecule has 0 aromatic rings. The lowest BCUT2D eigenvalue weighted by Gasteiger charge is -2.19. The predicted molar refractivity (Wildman–Crippen MR) is 52.5 cm³/mol. The molecular weight excluding hydrogens is 183 g/mol. The van der Waals surface area contributed by atoms with Crippen LogP contribution in [0.2, 0.25) is 12.1 Å². The summed E-state index contributed by atoms with van der Waals surface area (Å²) < 4.78 is 0. The van der Waals surface area contributed by atoms with Gasteiger partial charge in [-0.1, -0.05) is 26.7 Å². The minimum absolute atomic E-state index is 0.718. The second-order valence-electron chi connectivity index (χ2n) is 2.78. The van der Waals surface area contributed by atoms with E-state index in [2.05, 4.69) is 13.8 Å². The first-order valence-electron chi connectivity index (χ1n) is 3.93. The summed E-state index contributed by atoms with van der Waals surface area (Å²) in [6.45, 7) is 4.35. The molecule has 0 nitrogen and oxygen atoms in total. The van der Waals surface area contributed by atoms with Gasteiger partial charge in [0.2, 0.25) is 0 Å². The zero-order valence-corrected chi connectivity index (χ0v) is 9.30. The first-order chi connectivity index (χ1) is 4.68. The van der Waals surface area contributed by atoms with E-state index in [-0.39, 0.29) is 0 Å². The van der Waals surface area contributed by atoms with Crippen LogP contribution in [0.4, 0.5) is 0 Å². The molecule has 0 fully saturated rings. The molecule has 0 rings (SSSR count). The zero-order chi connectivity index (χ0) is 8.04. The number of halogens is 2. The van der Waals surface area contributed by atoms with Crippen molar-refractivity contribution in [3.8, 4) is 0 Å². The third kappa shape index (κ3) is 3.84.